The molecule has 1 heterocycles. The molecule has 1 unspecified atom stereocenters. The van der Waals surface area contributed by atoms with Crippen LogP contribution in [0.3, 0.4) is 0 Å². The molecule has 2 rings (SSSR count). The van der Waals surface area contributed by atoms with E-state index in [2.05, 4.69) is 0 Å². The lowest BCUT2D eigenvalue weighted by atomic mass is 9.92. The Morgan fingerprint density at radius 2 is 2.33 bits per heavy atom. The zero-order chi connectivity index (χ0) is 11.0. The number of carboxylic acids is 1. The Labute approximate surface area is 86.5 Å². The third-order valence-electron chi connectivity index (χ3n) is 2.62. The summed E-state index contributed by atoms with van der Waals surface area (Å²) in [6, 6.07) is 2.58. The lowest BCUT2D eigenvalue weighted by Crippen LogP contribution is -2.17. The number of carboxylic acid groups (broad SMARTS) is 1. The van der Waals surface area contributed by atoms with Crippen molar-refractivity contribution in [3.8, 4) is 0 Å². The van der Waals surface area contributed by atoms with Crippen LogP contribution in [0.15, 0.2) is 12.1 Å². The summed E-state index contributed by atoms with van der Waals surface area (Å²) in [7, 11) is 0. The Morgan fingerprint density at radius 3 is 3.00 bits per heavy atom. The maximum absolute atomic E-state index is 13.5. The highest BCUT2D eigenvalue weighted by Gasteiger charge is 2.22. The number of carbonyl (C=O) groups is 1. The average molecular weight is 210 g/mol. The number of ether oxygens (including phenoxy) is 1. The van der Waals surface area contributed by atoms with Gasteiger partial charge in [0.25, 0.3) is 0 Å². The molecule has 0 amide bonds. The summed E-state index contributed by atoms with van der Waals surface area (Å²) < 4.78 is 18.7. The minimum atomic E-state index is -1.10. The third-order valence-corrected chi connectivity index (χ3v) is 2.62. The minimum Gasteiger partial charge on any atom is -0.478 e. The van der Waals surface area contributed by atoms with E-state index in [1.165, 1.54) is 6.07 Å². The third kappa shape index (κ3) is 1.72. The van der Waals surface area contributed by atoms with Crippen molar-refractivity contribution in [1.29, 1.82) is 0 Å². The van der Waals surface area contributed by atoms with Gasteiger partial charge in [-0.2, -0.15) is 0 Å². The highest BCUT2D eigenvalue weighted by atomic mass is 19.1. The van der Waals surface area contributed by atoms with Crippen LogP contribution < -0.4 is 0 Å². The van der Waals surface area contributed by atoms with Crippen molar-refractivity contribution in [2.75, 3.05) is 6.61 Å². The molecule has 0 fully saturated rings. The van der Waals surface area contributed by atoms with E-state index in [1.807, 2.05) is 6.92 Å². The van der Waals surface area contributed by atoms with Gasteiger partial charge in [0.15, 0.2) is 0 Å². The van der Waals surface area contributed by atoms with E-state index in [1.54, 1.807) is 0 Å². The molecule has 0 bridgehead atoms. The van der Waals surface area contributed by atoms with E-state index >= 15 is 0 Å². The molecular formula is C11H11FO3. The lowest BCUT2D eigenvalue weighted by Gasteiger charge is -2.23. The number of rotatable bonds is 1. The van der Waals surface area contributed by atoms with E-state index < -0.39 is 11.8 Å². The van der Waals surface area contributed by atoms with Gasteiger partial charge in [-0.15, -0.1) is 0 Å². The Morgan fingerprint density at radius 1 is 1.60 bits per heavy atom. The topological polar surface area (TPSA) is 46.5 Å². The number of hydrogen-bond acceptors (Lipinski definition) is 2. The van der Waals surface area contributed by atoms with E-state index in [9.17, 15) is 9.18 Å². The van der Waals surface area contributed by atoms with Crippen LogP contribution in [0.4, 0.5) is 4.39 Å². The molecule has 0 saturated heterocycles. The van der Waals surface area contributed by atoms with Crippen LogP contribution in [-0.4, -0.2) is 17.7 Å². The normalized spacial score (nSPS) is 19.7. The van der Waals surface area contributed by atoms with Crippen LogP contribution in [-0.2, 0) is 11.3 Å². The first kappa shape index (κ1) is 10.1. The summed E-state index contributed by atoms with van der Waals surface area (Å²) in [5, 5.41) is 8.80. The van der Waals surface area contributed by atoms with Crippen LogP contribution in [0, 0.1) is 5.82 Å². The molecule has 0 aromatic heterocycles. The Balaban J connectivity index is 2.56. The van der Waals surface area contributed by atoms with Crippen molar-refractivity contribution in [1.82, 2.24) is 0 Å². The van der Waals surface area contributed by atoms with Crippen molar-refractivity contribution in [2.45, 2.75) is 19.4 Å². The van der Waals surface area contributed by atoms with E-state index in [4.69, 9.17) is 9.84 Å². The molecule has 15 heavy (non-hydrogen) atoms. The molecule has 0 saturated carbocycles. The van der Waals surface area contributed by atoms with Gasteiger partial charge in [0.1, 0.15) is 5.82 Å². The predicted octanol–water partition coefficient (Wildman–Crippen LogP) is 2.16. The van der Waals surface area contributed by atoms with Gasteiger partial charge in [-0.05, 0) is 17.7 Å². The molecule has 80 valence electrons. The summed E-state index contributed by atoms with van der Waals surface area (Å²) in [4.78, 5) is 10.7. The smallest absolute Gasteiger partial charge is 0.335 e. The van der Waals surface area contributed by atoms with Gasteiger partial charge in [-0.3, -0.25) is 0 Å². The molecule has 1 aromatic rings. The van der Waals surface area contributed by atoms with Crippen LogP contribution in [0.25, 0.3) is 0 Å². The number of benzene rings is 1. The van der Waals surface area contributed by atoms with Gasteiger partial charge in [0, 0.05) is 11.5 Å². The molecule has 4 heteroatoms. The zero-order valence-electron chi connectivity index (χ0n) is 8.29. The molecule has 1 atom stereocenters. The summed E-state index contributed by atoms with van der Waals surface area (Å²) in [6.07, 6.45) is 0. The number of hydrogen-bond donors (Lipinski definition) is 1. The maximum Gasteiger partial charge on any atom is 0.335 e. The van der Waals surface area contributed by atoms with Crippen LogP contribution in [0.1, 0.15) is 34.3 Å². The molecule has 1 aliphatic rings. The minimum absolute atomic E-state index is 0.000000000000000444. The molecule has 0 spiro atoms. The highest BCUT2D eigenvalue weighted by molar-refractivity contribution is 5.88. The quantitative estimate of drug-likeness (QED) is 0.772. The summed E-state index contributed by atoms with van der Waals surface area (Å²) in [5.41, 5.74) is 1.23. The summed E-state index contributed by atoms with van der Waals surface area (Å²) in [6.45, 7) is 2.63. The lowest BCUT2D eigenvalue weighted by molar-refractivity contribution is 0.0693. The number of fused-ring (bicyclic) bond motifs is 1. The fraction of sp³-hybridized carbons (Fsp3) is 0.364. The van der Waals surface area contributed by atoms with E-state index in [-0.39, 0.29) is 18.1 Å². The second-order valence-electron chi connectivity index (χ2n) is 3.75. The SMILES string of the molecule is CC1COCc2c(F)cc(C(=O)O)cc21. The van der Waals surface area contributed by atoms with Gasteiger partial charge in [0.05, 0.1) is 18.8 Å². The van der Waals surface area contributed by atoms with Crippen LogP contribution >= 0.6 is 0 Å². The first-order chi connectivity index (χ1) is 7.09. The zero-order valence-corrected chi connectivity index (χ0v) is 8.29. The summed E-state index contributed by atoms with van der Waals surface area (Å²) in [5.74, 6) is -1.55. The molecule has 0 radical (unpaired) electrons. The van der Waals surface area contributed by atoms with Gasteiger partial charge < -0.3 is 9.84 Å². The highest BCUT2D eigenvalue weighted by Crippen LogP contribution is 2.29. The second-order valence-corrected chi connectivity index (χ2v) is 3.75. The largest absolute Gasteiger partial charge is 0.478 e. The maximum atomic E-state index is 13.5. The monoisotopic (exact) mass is 210 g/mol. The van der Waals surface area contributed by atoms with Crippen LogP contribution in [0.2, 0.25) is 0 Å². The average Bonchev–Trinajstić information content (AvgIpc) is 2.19. The van der Waals surface area contributed by atoms with Crippen molar-refractivity contribution in [3.05, 3.63) is 34.6 Å². The fourth-order valence-corrected chi connectivity index (χ4v) is 1.80. The van der Waals surface area contributed by atoms with Crippen molar-refractivity contribution < 1.29 is 19.0 Å². The van der Waals surface area contributed by atoms with Gasteiger partial charge in [-0.1, -0.05) is 6.92 Å². The molecule has 1 N–H and O–H groups in total. The number of halogens is 1. The van der Waals surface area contributed by atoms with Gasteiger partial charge in [-0.25, -0.2) is 9.18 Å². The van der Waals surface area contributed by atoms with Crippen molar-refractivity contribution in [2.24, 2.45) is 0 Å². The van der Waals surface area contributed by atoms with Crippen LogP contribution in [0.5, 0.6) is 0 Å². The van der Waals surface area contributed by atoms with E-state index in [0.29, 0.717) is 12.2 Å². The predicted molar refractivity (Wildman–Crippen MR) is 51.4 cm³/mol. The Hall–Kier alpha value is -1.42. The molecule has 0 aliphatic carbocycles. The standard InChI is InChI=1S/C11H11FO3/c1-6-4-15-5-9-8(6)2-7(11(13)14)3-10(9)12/h2-3,6H,4-5H2,1H3,(H,13,14). The Bertz CT molecular complexity index is 415. The van der Waals surface area contributed by atoms with Gasteiger partial charge >= 0.3 is 5.97 Å². The first-order valence-corrected chi connectivity index (χ1v) is 4.73. The molecule has 3 nitrogen and oxygen atoms in total. The van der Waals surface area contributed by atoms with Crippen molar-refractivity contribution >= 4 is 5.97 Å². The second kappa shape index (κ2) is 3.62. The summed E-state index contributed by atoms with van der Waals surface area (Å²) >= 11 is 0. The van der Waals surface area contributed by atoms with Gasteiger partial charge in [0.2, 0.25) is 0 Å². The van der Waals surface area contributed by atoms with Crippen molar-refractivity contribution in [3.63, 3.8) is 0 Å². The molecule has 1 aromatic carbocycles. The Kier molecular flexibility index (Phi) is 2.44. The number of aromatic carboxylic acids is 1. The molecular weight excluding hydrogens is 199 g/mol. The fourth-order valence-electron chi connectivity index (χ4n) is 1.80. The molecule has 1 aliphatic heterocycles. The van der Waals surface area contributed by atoms with E-state index in [0.717, 1.165) is 11.6 Å². The first-order valence-electron chi connectivity index (χ1n) is 4.73.